The predicted octanol–water partition coefficient (Wildman–Crippen LogP) is 4.87. The average Bonchev–Trinajstić information content (AvgIpc) is 2.76. The highest BCUT2D eigenvalue weighted by molar-refractivity contribution is 7.99. The van der Waals surface area contributed by atoms with Gasteiger partial charge in [0.1, 0.15) is 5.82 Å². The number of imidazole rings is 1. The maximum Gasteiger partial charge on any atom is 0.417 e. The highest BCUT2D eigenvalue weighted by Crippen LogP contribution is 2.44. The molecule has 0 saturated heterocycles. The Labute approximate surface area is 124 Å². The molecule has 0 saturated carbocycles. The number of halogens is 4. The number of thioether (sulfide) groups is 1. The smallest absolute Gasteiger partial charge is 0.334 e. The topological polar surface area (TPSA) is 17.8 Å². The quantitative estimate of drug-likeness (QED) is 0.751. The van der Waals surface area contributed by atoms with Crippen LogP contribution in [0.4, 0.5) is 13.2 Å². The van der Waals surface area contributed by atoms with Crippen LogP contribution in [0.25, 0.3) is 11.4 Å². The summed E-state index contributed by atoms with van der Waals surface area (Å²) in [6.07, 6.45) is -1.37. The molecule has 7 heteroatoms. The van der Waals surface area contributed by atoms with E-state index in [1.165, 1.54) is 24.0 Å². The van der Waals surface area contributed by atoms with Crippen molar-refractivity contribution in [2.24, 2.45) is 7.05 Å². The first kappa shape index (κ1) is 15.3. The molecular formula is C13H12ClF3N2S. The van der Waals surface area contributed by atoms with Crippen molar-refractivity contribution in [3.63, 3.8) is 0 Å². The maximum absolute atomic E-state index is 13.2. The summed E-state index contributed by atoms with van der Waals surface area (Å²) in [6, 6.07) is 2.29. The van der Waals surface area contributed by atoms with Gasteiger partial charge in [0.25, 0.3) is 0 Å². The Hall–Kier alpha value is -1.14. The Bertz CT molecular complexity index is 623. The first-order valence-corrected chi connectivity index (χ1v) is 7.22. The highest BCUT2D eigenvalue weighted by Gasteiger charge is 2.36. The second-order valence-electron chi connectivity index (χ2n) is 4.09. The summed E-state index contributed by atoms with van der Waals surface area (Å²) < 4.78 is 41.3. The SMILES string of the molecule is CCSc1c(Cl)ccc(C(F)(F)F)c1-c1nccn1C. The number of alkyl halides is 3. The molecule has 0 aliphatic carbocycles. The zero-order valence-corrected chi connectivity index (χ0v) is 12.4. The fourth-order valence-corrected chi connectivity index (χ4v) is 3.07. The summed E-state index contributed by atoms with van der Waals surface area (Å²) in [5.41, 5.74) is -0.670. The third-order valence-electron chi connectivity index (χ3n) is 2.75. The first-order chi connectivity index (χ1) is 9.36. The summed E-state index contributed by atoms with van der Waals surface area (Å²) in [6.45, 7) is 1.86. The molecule has 20 heavy (non-hydrogen) atoms. The van der Waals surface area contributed by atoms with Crippen LogP contribution in [-0.4, -0.2) is 15.3 Å². The molecule has 0 atom stereocenters. The van der Waals surface area contributed by atoms with E-state index < -0.39 is 11.7 Å². The van der Waals surface area contributed by atoms with Crippen LogP contribution in [0.1, 0.15) is 12.5 Å². The molecule has 1 heterocycles. The van der Waals surface area contributed by atoms with Gasteiger partial charge in [-0.25, -0.2) is 4.98 Å². The minimum Gasteiger partial charge on any atom is -0.334 e. The van der Waals surface area contributed by atoms with Crippen LogP contribution < -0.4 is 0 Å². The van der Waals surface area contributed by atoms with E-state index in [1.54, 1.807) is 17.8 Å². The normalized spacial score (nSPS) is 11.9. The van der Waals surface area contributed by atoms with Crippen LogP contribution in [0.2, 0.25) is 5.02 Å². The average molecular weight is 321 g/mol. The van der Waals surface area contributed by atoms with Gasteiger partial charge in [-0.3, -0.25) is 0 Å². The van der Waals surface area contributed by atoms with Crippen molar-refractivity contribution in [3.05, 3.63) is 35.1 Å². The molecule has 0 N–H and O–H groups in total. The number of hydrogen-bond acceptors (Lipinski definition) is 2. The van der Waals surface area contributed by atoms with Crippen LogP contribution in [0.5, 0.6) is 0 Å². The Kier molecular flexibility index (Phi) is 4.34. The molecule has 0 aliphatic rings. The van der Waals surface area contributed by atoms with Crippen molar-refractivity contribution in [2.45, 2.75) is 18.0 Å². The van der Waals surface area contributed by atoms with Crippen molar-refractivity contribution in [1.82, 2.24) is 9.55 Å². The van der Waals surface area contributed by atoms with Gasteiger partial charge in [0.15, 0.2) is 0 Å². The van der Waals surface area contributed by atoms with Gasteiger partial charge >= 0.3 is 6.18 Å². The third-order valence-corrected chi connectivity index (χ3v) is 4.18. The van der Waals surface area contributed by atoms with Crippen LogP contribution >= 0.6 is 23.4 Å². The second-order valence-corrected chi connectivity index (χ2v) is 5.77. The van der Waals surface area contributed by atoms with E-state index in [-0.39, 0.29) is 11.4 Å². The molecule has 0 fully saturated rings. The minimum atomic E-state index is -4.45. The molecule has 0 radical (unpaired) electrons. The van der Waals surface area contributed by atoms with Crippen molar-refractivity contribution >= 4 is 23.4 Å². The lowest BCUT2D eigenvalue weighted by atomic mass is 10.1. The molecule has 2 rings (SSSR count). The van der Waals surface area contributed by atoms with Crippen molar-refractivity contribution in [1.29, 1.82) is 0 Å². The highest BCUT2D eigenvalue weighted by atomic mass is 35.5. The molecule has 0 bridgehead atoms. The minimum absolute atomic E-state index is 0.0457. The van der Waals surface area contributed by atoms with Crippen molar-refractivity contribution in [2.75, 3.05) is 5.75 Å². The molecule has 2 nitrogen and oxygen atoms in total. The van der Waals surface area contributed by atoms with Gasteiger partial charge < -0.3 is 4.57 Å². The number of aromatic nitrogens is 2. The second kappa shape index (κ2) is 5.69. The standard InChI is InChI=1S/C13H12ClF3N2S/c1-3-20-11-9(14)5-4-8(13(15,16)17)10(11)12-18-6-7-19(12)2/h4-7H,3H2,1-2H3. The zero-order chi connectivity index (χ0) is 14.9. The number of hydrogen-bond donors (Lipinski definition) is 0. The van der Waals surface area contributed by atoms with Gasteiger partial charge in [-0.2, -0.15) is 13.2 Å². The molecule has 0 spiro atoms. The molecule has 108 valence electrons. The molecule has 1 aromatic heterocycles. The summed E-state index contributed by atoms with van der Waals surface area (Å²) in [5.74, 6) is 0.883. The largest absolute Gasteiger partial charge is 0.417 e. The molecule has 1 aromatic carbocycles. The maximum atomic E-state index is 13.2. The lowest BCUT2D eigenvalue weighted by Gasteiger charge is -2.17. The van der Waals surface area contributed by atoms with E-state index >= 15 is 0 Å². The van der Waals surface area contributed by atoms with E-state index in [2.05, 4.69) is 4.98 Å². The van der Waals surface area contributed by atoms with E-state index in [4.69, 9.17) is 11.6 Å². The van der Waals surface area contributed by atoms with E-state index in [0.717, 1.165) is 6.07 Å². The van der Waals surface area contributed by atoms with Gasteiger partial charge in [0, 0.05) is 29.9 Å². The third kappa shape index (κ3) is 2.81. The lowest BCUT2D eigenvalue weighted by molar-refractivity contribution is -0.137. The van der Waals surface area contributed by atoms with Gasteiger partial charge in [-0.1, -0.05) is 18.5 Å². The van der Waals surface area contributed by atoms with Crippen LogP contribution in [-0.2, 0) is 13.2 Å². The van der Waals surface area contributed by atoms with Crippen molar-refractivity contribution < 1.29 is 13.2 Å². The number of rotatable bonds is 3. The molecule has 0 aliphatic heterocycles. The summed E-state index contributed by atoms with van der Waals surface area (Å²) in [5, 5.41) is 0.308. The molecule has 2 aromatic rings. The van der Waals surface area contributed by atoms with Gasteiger partial charge in [-0.15, -0.1) is 11.8 Å². The number of aryl methyl sites for hydroxylation is 1. The fraction of sp³-hybridized carbons (Fsp3) is 0.308. The van der Waals surface area contributed by atoms with Crippen LogP contribution in [0, 0.1) is 0 Å². The monoisotopic (exact) mass is 320 g/mol. The van der Waals surface area contributed by atoms with E-state index in [0.29, 0.717) is 15.7 Å². The lowest BCUT2D eigenvalue weighted by Crippen LogP contribution is -2.10. The summed E-state index contributed by atoms with van der Waals surface area (Å²) >= 11 is 7.35. The van der Waals surface area contributed by atoms with Gasteiger partial charge in [-0.05, 0) is 17.9 Å². The molecule has 0 unspecified atom stereocenters. The molecular weight excluding hydrogens is 309 g/mol. The Morgan fingerprint density at radius 3 is 2.55 bits per heavy atom. The van der Waals surface area contributed by atoms with Crippen LogP contribution in [0.15, 0.2) is 29.4 Å². The van der Waals surface area contributed by atoms with Gasteiger partial charge in [0.2, 0.25) is 0 Å². The Morgan fingerprint density at radius 1 is 1.35 bits per heavy atom. The summed E-state index contributed by atoms with van der Waals surface area (Å²) in [7, 11) is 1.66. The zero-order valence-electron chi connectivity index (χ0n) is 10.8. The van der Waals surface area contributed by atoms with E-state index in [1.807, 2.05) is 6.92 Å². The van der Waals surface area contributed by atoms with Crippen molar-refractivity contribution in [3.8, 4) is 11.4 Å². The Balaban J connectivity index is 2.79. The Morgan fingerprint density at radius 2 is 2.05 bits per heavy atom. The number of nitrogens with zero attached hydrogens (tertiary/aromatic N) is 2. The number of benzene rings is 1. The molecule has 0 amide bonds. The predicted molar refractivity (Wildman–Crippen MR) is 75.1 cm³/mol. The first-order valence-electron chi connectivity index (χ1n) is 5.86. The fourth-order valence-electron chi connectivity index (χ4n) is 1.91. The van der Waals surface area contributed by atoms with Gasteiger partial charge in [0.05, 0.1) is 10.6 Å². The van der Waals surface area contributed by atoms with E-state index in [9.17, 15) is 13.2 Å². The summed E-state index contributed by atoms with van der Waals surface area (Å²) in [4.78, 5) is 4.45. The van der Waals surface area contributed by atoms with Crippen LogP contribution in [0.3, 0.4) is 0 Å².